The zero-order valence-corrected chi connectivity index (χ0v) is 16.5. The van der Waals surface area contributed by atoms with Crippen molar-refractivity contribution in [3.63, 3.8) is 0 Å². The summed E-state index contributed by atoms with van der Waals surface area (Å²) in [6.07, 6.45) is 8.64. The van der Waals surface area contributed by atoms with Gasteiger partial charge in [0.25, 0.3) is 0 Å². The fourth-order valence-electron chi connectivity index (χ4n) is 4.58. The molecule has 130 valence electrons. The van der Waals surface area contributed by atoms with Crippen molar-refractivity contribution >= 4 is 33.3 Å². The molecule has 2 nitrogen and oxygen atoms in total. The lowest BCUT2D eigenvalue weighted by atomic mass is 9.78. The summed E-state index contributed by atoms with van der Waals surface area (Å²) < 4.78 is 2.74. The summed E-state index contributed by atoms with van der Waals surface area (Å²) in [4.78, 5) is 7.65. The van der Waals surface area contributed by atoms with Crippen LogP contribution in [-0.4, -0.2) is 33.8 Å². The van der Waals surface area contributed by atoms with Gasteiger partial charge in [-0.2, -0.15) is 0 Å². The fourth-order valence-corrected chi connectivity index (χ4v) is 7.23. The molecule has 2 atom stereocenters. The third kappa shape index (κ3) is 3.66. The van der Waals surface area contributed by atoms with Crippen molar-refractivity contribution in [2.45, 2.75) is 67.5 Å². The van der Waals surface area contributed by atoms with Crippen LogP contribution in [0.4, 0.5) is 0 Å². The van der Waals surface area contributed by atoms with Gasteiger partial charge in [-0.05, 0) is 64.1 Å². The maximum Gasteiger partial charge on any atom is 0.151 e. The molecule has 0 radical (unpaired) electrons. The van der Waals surface area contributed by atoms with E-state index in [-0.39, 0.29) is 4.75 Å². The van der Waals surface area contributed by atoms with E-state index >= 15 is 0 Å². The van der Waals surface area contributed by atoms with Crippen molar-refractivity contribution in [2.75, 3.05) is 13.1 Å². The zero-order valence-electron chi connectivity index (χ0n) is 14.8. The molecule has 0 bridgehead atoms. The van der Waals surface area contributed by atoms with Crippen LogP contribution in [0.2, 0.25) is 0 Å². The molecule has 1 aromatic carbocycles. The lowest BCUT2D eigenvalue weighted by Crippen LogP contribution is -2.50. The molecule has 2 fully saturated rings. The Balaban J connectivity index is 1.45. The Morgan fingerprint density at radius 2 is 1.96 bits per heavy atom. The molecule has 2 aromatic rings. The number of hydrogen-bond acceptors (Lipinski definition) is 4. The summed E-state index contributed by atoms with van der Waals surface area (Å²) in [5.41, 5.74) is 1.14. The molecule has 2 aliphatic rings. The van der Waals surface area contributed by atoms with Crippen LogP contribution in [-0.2, 0) is 0 Å². The largest absolute Gasteiger partial charge is 0.299 e. The summed E-state index contributed by atoms with van der Waals surface area (Å²) in [5.74, 6) is 0.968. The quantitative estimate of drug-likeness (QED) is 0.639. The number of rotatable bonds is 4. The predicted molar refractivity (Wildman–Crippen MR) is 106 cm³/mol. The summed E-state index contributed by atoms with van der Waals surface area (Å²) in [7, 11) is 0. The molecule has 4 heteroatoms. The normalized spacial score (nSPS) is 25.8. The topological polar surface area (TPSA) is 16.1 Å². The number of thiazole rings is 1. The van der Waals surface area contributed by atoms with Gasteiger partial charge in [-0.3, -0.25) is 4.90 Å². The minimum atomic E-state index is 0.215. The molecule has 4 rings (SSSR count). The molecule has 1 aromatic heterocycles. The van der Waals surface area contributed by atoms with Gasteiger partial charge in [0.05, 0.1) is 10.2 Å². The Morgan fingerprint density at radius 3 is 2.83 bits per heavy atom. The van der Waals surface area contributed by atoms with Crippen molar-refractivity contribution in [3.05, 3.63) is 24.3 Å². The van der Waals surface area contributed by atoms with Crippen LogP contribution in [0.3, 0.4) is 0 Å². The van der Waals surface area contributed by atoms with Gasteiger partial charge in [0.15, 0.2) is 4.34 Å². The zero-order chi connectivity index (χ0) is 16.6. The van der Waals surface area contributed by atoms with Gasteiger partial charge in [0.1, 0.15) is 0 Å². The van der Waals surface area contributed by atoms with E-state index in [1.807, 2.05) is 23.1 Å². The second-order valence-corrected chi connectivity index (χ2v) is 11.0. The predicted octanol–water partition coefficient (Wildman–Crippen LogP) is 5.82. The Hall–Kier alpha value is -0.580. The van der Waals surface area contributed by atoms with E-state index in [0.717, 1.165) is 17.5 Å². The number of piperidine rings is 1. The summed E-state index contributed by atoms with van der Waals surface area (Å²) >= 11 is 3.81. The molecule has 0 spiro atoms. The van der Waals surface area contributed by atoms with Crippen LogP contribution in [0.1, 0.15) is 52.4 Å². The average molecular weight is 361 g/mol. The molecule has 1 saturated carbocycles. The number of benzene rings is 1. The van der Waals surface area contributed by atoms with Crippen LogP contribution >= 0.6 is 23.1 Å². The first-order chi connectivity index (χ1) is 11.6. The molecule has 1 aliphatic carbocycles. The standard InChI is InChI=1S/C20H28N2S2/c1-20(2,24-19-21-16-10-4-6-12-18(16)23-19)14-22-13-7-9-15-8-3-5-11-17(15)22/h4,6,10,12,15,17H,3,5,7-9,11,13-14H2,1-2H3. The smallest absolute Gasteiger partial charge is 0.151 e. The van der Waals surface area contributed by atoms with Crippen LogP contribution in [0, 0.1) is 5.92 Å². The molecule has 1 aliphatic heterocycles. The number of thioether (sulfide) groups is 1. The monoisotopic (exact) mass is 360 g/mol. The fraction of sp³-hybridized carbons (Fsp3) is 0.650. The van der Waals surface area contributed by atoms with Crippen LogP contribution in [0.5, 0.6) is 0 Å². The second kappa shape index (κ2) is 6.97. The Kier molecular flexibility index (Phi) is 4.90. The van der Waals surface area contributed by atoms with E-state index in [4.69, 9.17) is 4.98 Å². The lowest BCUT2D eigenvalue weighted by molar-refractivity contribution is 0.0556. The van der Waals surface area contributed by atoms with Crippen LogP contribution in [0.15, 0.2) is 28.6 Å². The Morgan fingerprint density at radius 1 is 1.17 bits per heavy atom. The first-order valence-electron chi connectivity index (χ1n) is 9.39. The van der Waals surface area contributed by atoms with E-state index < -0.39 is 0 Å². The number of hydrogen-bond donors (Lipinski definition) is 0. The molecule has 2 unspecified atom stereocenters. The first kappa shape index (κ1) is 16.9. The van der Waals surface area contributed by atoms with Crippen LogP contribution in [0.25, 0.3) is 10.2 Å². The van der Waals surface area contributed by atoms with Crippen molar-refractivity contribution in [3.8, 4) is 0 Å². The molecule has 24 heavy (non-hydrogen) atoms. The highest BCUT2D eigenvalue weighted by Crippen LogP contribution is 2.41. The number of para-hydroxylation sites is 1. The maximum atomic E-state index is 4.84. The summed E-state index contributed by atoms with van der Waals surface area (Å²) in [5, 5.41) is 0. The van der Waals surface area contributed by atoms with Gasteiger partial charge < -0.3 is 0 Å². The minimum absolute atomic E-state index is 0.215. The van der Waals surface area contributed by atoms with Gasteiger partial charge in [0.2, 0.25) is 0 Å². The Bertz CT molecular complexity index is 659. The van der Waals surface area contributed by atoms with E-state index in [1.165, 1.54) is 60.7 Å². The van der Waals surface area contributed by atoms with E-state index in [9.17, 15) is 0 Å². The first-order valence-corrected chi connectivity index (χ1v) is 11.0. The molecule has 2 heterocycles. The lowest BCUT2D eigenvalue weighted by Gasteiger charge is -2.46. The van der Waals surface area contributed by atoms with Crippen molar-refractivity contribution in [1.82, 2.24) is 9.88 Å². The van der Waals surface area contributed by atoms with Crippen molar-refractivity contribution in [1.29, 1.82) is 0 Å². The molecular weight excluding hydrogens is 332 g/mol. The van der Waals surface area contributed by atoms with Gasteiger partial charge >= 0.3 is 0 Å². The average Bonchev–Trinajstić information content (AvgIpc) is 2.96. The summed E-state index contributed by atoms with van der Waals surface area (Å²) in [6, 6.07) is 9.35. The molecule has 1 saturated heterocycles. The van der Waals surface area contributed by atoms with Crippen LogP contribution < -0.4 is 0 Å². The third-order valence-electron chi connectivity index (χ3n) is 5.58. The van der Waals surface area contributed by atoms with E-state index in [2.05, 4.69) is 43.0 Å². The number of nitrogens with zero attached hydrogens (tertiary/aromatic N) is 2. The minimum Gasteiger partial charge on any atom is -0.299 e. The SMILES string of the molecule is CC(C)(CN1CCCC2CCCCC21)Sc1nc2ccccc2s1. The van der Waals surface area contributed by atoms with Gasteiger partial charge in [0, 0.05) is 17.3 Å². The number of likely N-dealkylation sites (tertiary alicyclic amines) is 1. The maximum absolute atomic E-state index is 4.84. The molecule has 0 N–H and O–H groups in total. The van der Waals surface area contributed by atoms with Crippen molar-refractivity contribution < 1.29 is 0 Å². The van der Waals surface area contributed by atoms with Gasteiger partial charge in [-0.25, -0.2) is 4.98 Å². The highest BCUT2D eigenvalue weighted by Gasteiger charge is 2.36. The second-order valence-electron chi connectivity index (χ2n) is 8.03. The van der Waals surface area contributed by atoms with E-state index in [0.29, 0.717) is 0 Å². The summed E-state index contributed by atoms with van der Waals surface area (Å²) in [6.45, 7) is 7.28. The highest BCUT2D eigenvalue weighted by molar-refractivity contribution is 8.02. The highest BCUT2D eigenvalue weighted by atomic mass is 32.2. The van der Waals surface area contributed by atoms with Gasteiger partial charge in [-0.15, -0.1) is 11.3 Å². The third-order valence-corrected chi connectivity index (χ3v) is 7.86. The number of fused-ring (bicyclic) bond motifs is 2. The van der Waals surface area contributed by atoms with Gasteiger partial charge in [-0.1, -0.05) is 36.7 Å². The molecule has 0 amide bonds. The molecular formula is C20H28N2S2. The number of aromatic nitrogens is 1. The van der Waals surface area contributed by atoms with E-state index in [1.54, 1.807) is 0 Å². The Labute approximate surface area is 154 Å². The van der Waals surface area contributed by atoms with Crippen molar-refractivity contribution in [2.24, 2.45) is 5.92 Å².